The van der Waals surface area contributed by atoms with Crippen molar-refractivity contribution in [2.24, 2.45) is 0 Å². The average molecular weight is 343 g/mol. The van der Waals surface area contributed by atoms with Gasteiger partial charge in [-0.25, -0.2) is 0 Å². The van der Waals surface area contributed by atoms with Crippen molar-refractivity contribution in [1.29, 1.82) is 0 Å². The van der Waals surface area contributed by atoms with Crippen LogP contribution in [-0.4, -0.2) is 13.3 Å². The molecule has 2 aromatic carbocycles. The Balaban J connectivity index is 2.41. The summed E-state index contributed by atoms with van der Waals surface area (Å²) in [4.78, 5) is 9.85. The Hall–Kier alpha value is -2.32. The van der Waals surface area contributed by atoms with Crippen LogP contribution in [0.15, 0.2) is 41.3 Å². The summed E-state index contributed by atoms with van der Waals surface area (Å²) in [6, 6.07) is 7.70. The first-order valence-electron chi connectivity index (χ1n) is 5.95. The molecule has 0 heterocycles. The van der Waals surface area contributed by atoms with Crippen molar-refractivity contribution < 1.29 is 17.5 Å². The highest BCUT2D eigenvalue weighted by molar-refractivity contribution is 7.87. The van der Waals surface area contributed by atoms with Crippen molar-refractivity contribution in [2.75, 3.05) is 5.73 Å². The minimum absolute atomic E-state index is 0.00458. The van der Waals surface area contributed by atoms with Crippen LogP contribution in [0.3, 0.4) is 0 Å². The molecule has 2 rings (SSSR count). The number of halogens is 1. The molecule has 7 nitrogen and oxygen atoms in total. The molecule has 2 aromatic rings. The molecule has 0 atom stereocenters. The lowest BCUT2D eigenvalue weighted by molar-refractivity contribution is -0.383. The number of hydrogen-bond donors (Lipinski definition) is 1. The van der Waals surface area contributed by atoms with Gasteiger partial charge in [0.2, 0.25) is 0 Å². The van der Waals surface area contributed by atoms with Crippen LogP contribution >= 0.6 is 11.6 Å². The van der Waals surface area contributed by atoms with Crippen molar-refractivity contribution in [3.8, 4) is 5.75 Å². The molecule has 0 spiro atoms. The highest BCUT2D eigenvalue weighted by Gasteiger charge is 2.22. The monoisotopic (exact) mass is 342 g/mol. The molecule has 0 aromatic heterocycles. The molecule has 2 N–H and O–H groups in total. The summed E-state index contributed by atoms with van der Waals surface area (Å²) >= 11 is 5.90. The fourth-order valence-electron chi connectivity index (χ4n) is 1.71. The molecule has 0 fully saturated rings. The van der Waals surface area contributed by atoms with Crippen LogP contribution in [-0.2, 0) is 10.1 Å². The second-order valence-electron chi connectivity index (χ2n) is 4.45. The molecule has 116 valence electrons. The number of nitrogen functional groups attached to an aromatic ring is 1. The number of nitro benzene ring substituents is 1. The van der Waals surface area contributed by atoms with Gasteiger partial charge in [0.05, 0.1) is 16.0 Å². The molecule has 0 aliphatic heterocycles. The third kappa shape index (κ3) is 3.29. The van der Waals surface area contributed by atoms with Crippen molar-refractivity contribution in [1.82, 2.24) is 0 Å². The summed E-state index contributed by atoms with van der Waals surface area (Å²) in [5, 5.41) is 10.8. The second kappa shape index (κ2) is 5.82. The molecule has 0 saturated carbocycles. The first-order chi connectivity index (χ1) is 10.2. The summed E-state index contributed by atoms with van der Waals surface area (Å²) in [7, 11) is -4.21. The Morgan fingerprint density at radius 3 is 2.50 bits per heavy atom. The summed E-state index contributed by atoms with van der Waals surface area (Å²) < 4.78 is 29.3. The van der Waals surface area contributed by atoms with Crippen molar-refractivity contribution in [3.05, 3.63) is 57.1 Å². The van der Waals surface area contributed by atoms with E-state index in [2.05, 4.69) is 0 Å². The van der Waals surface area contributed by atoms with Crippen LogP contribution in [0.4, 0.5) is 11.4 Å². The maximum Gasteiger partial charge on any atom is 0.340 e. The standard InChI is InChI=1S/C13H11ClN2O5S/c1-8-2-5-13(10(14)6-8)22(19,20)21-9-3-4-11(15)12(7-9)16(17)18/h2-7H,15H2,1H3. The van der Waals surface area contributed by atoms with Gasteiger partial charge in [0.1, 0.15) is 16.3 Å². The maximum atomic E-state index is 12.2. The number of anilines is 1. The summed E-state index contributed by atoms with van der Waals surface area (Å²) in [5.74, 6) is -0.224. The fraction of sp³-hybridized carbons (Fsp3) is 0.0769. The number of rotatable bonds is 4. The van der Waals surface area contributed by atoms with Gasteiger partial charge in [-0.2, -0.15) is 8.42 Å². The normalized spacial score (nSPS) is 11.2. The third-order valence-corrected chi connectivity index (χ3v) is 4.49. The summed E-state index contributed by atoms with van der Waals surface area (Å²) in [6.45, 7) is 1.76. The van der Waals surface area contributed by atoms with Gasteiger partial charge in [-0.15, -0.1) is 0 Å². The van der Waals surface area contributed by atoms with E-state index in [0.29, 0.717) is 0 Å². The zero-order chi connectivity index (χ0) is 16.5. The van der Waals surface area contributed by atoms with E-state index in [1.807, 2.05) is 0 Å². The van der Waals surface area contributed by atoms with Gasteiger partial charge in [-0.3, -0.25) is 10.1 Å². The van der Waals surface area contributed by atoms with E-state index in [-0.39, 0.29) is 21.4 Å². The fourth-order valence-corrected chi connectivity index (χ4v) is 3.21. The highest BCUT2D eigenvalue weighted by Crippen LogP contribution is 2.30. The van der Waals surface area contributed by atoms with Gasteiger partial charge >= 0.3 is 10.1 Å². The molecule has 22 heavy (non-hydrogen) atoms. The van der Waals surface area contributed by atoms with Crippen molar-refractivity contribution in [2.45, 2.75) is 11.8 Å². The summed E-state index contributed by atoms with van der Waals surface area (Å²) in [6.07, 6.45) is 0. The number of nitrogens with zero attached hydrogens (tertiary/aromatic N) is 1. The van der Waals surface area contributed by atoms with E-state index in [1.54, 1.807) is 13.0 Å². The molecule has 0 saturated heterocycles. The topological polar surface area (TPSA) is 113 Å². The zero-order valence-corrected chi connectivity index (χ0v) is 12.9. The SMILES string of the molecule is Cc1ccc(S(=O)(=O)Oc2ccc(N)c([N+](=O)[O-])c2)c(Cl)c1. The van der Waals surface area contributed by atoms with E-state index in [1.165, 1.54) is 24.3 Å². The van der Waals surface area contributed by atoms with Gasteiger partial charge in [-0.05, 0) is 36.8 Å². The van der Waals surface area contributed by atoms with Crippen molar-refractivity contribution >= 4 is 33.1 Å². The number of aryl methyl sites for hydroxylation is 1. The lowest BCUT2D eigenvalue weighted by Crippen LogP contribution is -2.11. The maximum absolute atomic E-state index is 12.2. The Morgan fingerprint density at radius 1 is 1.23 bits per heavy atom. The van der Waals surface area contributed by atoms with Gasteiger partial charge in [-0.1, -0.05) is 17.7 Å². The Labute approximate surface area is 131 Å². The second-order valence-corrected chi connectivity index (χ2v) is 6.37. The largest absolute Gasteiger partial charge is 0.393 e. The number of benzene rings is 2. The van der Waals surface area contributed by atoms with Crippen LogP contribution in [0.5, 0.6) is 5.75 Å². The first-order valence-corrected chi connectivity index (χ1v) is 7.74. The molecule has 0 aliphatic carbocycles. The van der Waals surface area contributed by atoms with Crippen LogP contribution in [0.1, 0.15) is 5.56 Å². The molecule has 0 aliphatic rings. The Kier molecular flexibility index (Phi) is 4.25. The number of nitro groups is 1. The minimum atomic E-state index is -4.21. The van der Waals surface area contributed by atoms with Gasteiger partial charge < -0.3 is 9.92 Å². The third-order valence-electron chi connectivity index (χ3n) is 2.76. The predicted octanol–water partition coefficient (Wildman–Crippen LogP) is 2.91. The quantitative estimate of drug-likeness (QED) is 0.395. The zero-order valence-electron chi connectivity index (χ0n) is 11.3. The highest BCUT2D eigenvalue weighted by atomic mass is 35.5. The smallest absolute Gasteiger partial charge is 0.340 e. The lowest BCUT2D eigenvalue weighted by Gasteiger charge is -2.09. The van der Waals surface area contributed by atoms with E-state index in [4.69, 9.17) is 21.5 Å². The molecule has 0 unspecified atom stereocenters. The van der Waals surface area contributed by atoms with E-state index < -0.39 is 20.7 Å². The number of nitrogens with two attached hydrogens (primary N) is 1. The van der Waals surface area contributed by atoms with Crippen molar-refractivity contribution in [3.63, 3.8) is 0 Å². The van der Waals surface area contributed by atoms with E-state index in [0.717, 1.165) is 11.6 Å². The van der Waals surface area contributed by atoms with Crippen LogP contribution in [0.25, 0.3) is 0 Å². The predicted molar refractivity (Wildman–Crippen MR) is 81.5 cm³/mol. The lowest BCUT2D eigenvalue weighted by atomic mass is 10.2. The van der Waals surface area contributed by atoms with Crippen LogP contribution in [0.2, 0.25) is 5.02 Å². The number of hydrogen-bond acceptors (Lipinski definition) is 6. The Morgan fingerprint density at radius 2 is 1.91 bits per heavy atom. The first kappa shape index (κ1) is 16.1. The molecule has 0 bridgehead atoms. The van der Waals surface area contributed by atoms with E-state index in [9.17, 15) is 18.5 Å². The average Bonchev–Trinajstić information content (AvgIpc) is 2.39. The van der Waals surface area contributed by atoms with Crippen LogP contribution < -0.4 is 9.92 Å². The van der Waals surface area contributed by atoms with Crippen LogP contribution in [0, 0.1) is 17.0 Å². The Bertz CT molecular complexity index is 852. The van der Waals surface area contributed by atoms with Gasteiger partial charge in [0.25, 0.3) is 5.69 Å². The molecule has 0 radical (unpaired) electrons. The molecule has 0 amide bonds. The molecule has 9 heteroatoms. The van der Waals surface area contributed by atoms with Gasteiger partial charge in [0.15, 0.2) is 0 Å². The van der Waals surface area contributed by atoms with E-state index >= 15 is 0 Å². The molecular weight excluding hydrogens is 332 g/mol. The molecular formula is C13H11ClN2O5S. The van der Waals surface area contributed by atoms with Gasteiger partial charge in [0, 0.05) is 0 Å². The summed E-state index contributed by atoms with van der Waals surface area (Å²) in [5.41, 5.74) is 5.69. The minimum Gasteiger partial charge on any atom is -0.393 e.